The monoisotopic (exact) mass is 253 g/mol. The molecular formula is C7H12BrNO2S. The van der Waals surface area contributed by atoms with Crippen molar-refractivity contribution in [2.24, 2.45) is 0 Å². The van der Waals surface area contributed by atoms with E-state index in [1.165, 1.54) is 12.0 Å². The van der Waals surface area contributed by atoms with E-state index in [1.54, 1.807) is 11.8 Å². The summed E-state index contributed by atoms with van der Waals surface area (Å²) in [4.78, 5) is 14.0. The molecule has 0 amide bonds. The quantitative estimate of drug-likeness (QED) is 0.700. The van der Waals surface area contributed by atoms with Gasteiger partial charge in [0.15, 0.2) is 0 Å². The Morgan fingerprint density at radius 3 is 2.92 bits per heavy atom. The zero-order chi connectivity index (χ0) is 8.27. The van der Waals surface area contributed by atoms with Gasteiger partial charge in [0.1, 0.15) is 6.54 Å². The van der Waals surface area contributed by atoms with Crippen LogP contribution < -0.4 is 0 Å². The minimum absolute atomic E-state index is 0. The van der Waals surface area contributed by atoms with Crippen LogP contribution in [0.1, 0.15) is 6.92 Å². The Bertz CT molecular complexity index is 196. The standard InChI is InChI=1S/C7H11NO2S.BrH/c1-6-3-8(5-11-6)4-7(9)10-2;/h3H,4-5H2,1-2H3;1H. The number of halogens is 1. The molecule has 70 valence electrons. The number of rotatable bonds is 2. The number of hydrogen-bond acceptors (Lipinski definition) is 4. The number of hydrogen-bond donors (Lipinski definition) is 0. The number of esters is 1. The van der Waals surface area contributed by atoms with Crippen molar-refractivity contribution in [2.45, 2.75) is 6.92 Å². The lowest BCUT2D eigenvalue weighted by atomic mass is 10.5. The Balaban J connectivity index is 0.00000121. The molecule has 0 radical (unpaired) electrons. The van der Waals surface area contributed by atoms with Crippen molar-refractivity contribution in [1.82, 2.24) is 4.90 Å². The third-order valence-corrected chi connectivity index (χ3v) is 2.40. The molecule has 1 heterocycles. The zero-order valence-electron chi connectivity index (χ0n) is 7.07. The fraction of sp³-hybridized carbons (Fsp3) is 0.571. The van der Waals surface area contributed by atoms with E-state index in [2.05, 4.69) is 4.74 Å². The first kappa shape index (κ1) is 11.8. The molecule has 3 nitrogen and oxygen atoms in total. The Labute approximate surface area is 86.9 Å². The molecular weight excluding hydrogens is 242 g/mol. The first-order valence-electron chi connectivity index (χ1n) is 3.34. The van der Waals surface area contributed by atoms with Crippen LogP contribution in [0.2, 0.25) is 0 Å². The number of carbonyl (C=O) groups excluding carboxylic acids is 1. The fourth-order valence-corrected chi connectivity index (χ4v) is 1.60. The summed E-state index contributed by atoms with van der Waals surface area (Å²) in [5, 5.41) is 0. The summed E-state index contributed by atoms with van der Waals surface area (Å²) in [6, 6.07) is 0. The summed E-state index contributed by atoms with van der Waals surface area (Å²) >= 11 is 1.74. The first-order valence-corrected chi connectivity index (χ1v) is 4.33. The van der Waals surface area contributed by atoms with E-state index in [-0.39, 0.29) is 23.0 Å². The highest BCUT2D eigenvalue weighted by Gasteiger charge is 2.12. The number of carbonyl (C=O) groups is 1. The molecule has 0 bridgehead atoms. The van der Waals surface area contributed by atoms with E-state index in [0.717, 1.165) is 5.88 Å². The van der Waals surface area contributed by atoms with Crippen LogP contribution in [0.15, 0.2) is 11.1 Å². The lowest BCUT2D eigenvalue weighted by Crippen LogP contribution is -2.23. The molecule has 0 N–H and O–H groups in total. The highest BCUT2D eigenvalue weighted by atomic mass is 79.9. The van der Waals surface area contributed by atoms with E-state index in [1.807, 2.05) is 18.0 Å². The molecule has 0 aromatic heterocycles. The minimum atomic E-state index is -0.184. The van der Waals surface area contributed by atoms with Crippen LogP contribution in [0, 0.1) is 0 Å². The van der Waals surface area contributed by atoms with E-state index in [4.69, 9.17) is 0 Å². The molecule has 1 rings (SSSR count). The molecule has 0 saturated heterocycles. The lowest BCUT2D eigenvalue weighted by Gasteiger charge is -2.11. The maximum atomic E-state index is 10.8. The summed E-state index contributed by atoms with van der Waals surface area (Å²) in [6.45, 7) is 2.39. The van der Waals surface area contributed by atoms with Gasteiger partial charge in [-0.1, -0.05) is 0 Å². The molecule has 0 unspecified atom stereocenters. The van der Waals surface area contributed by atoms with Crippen molar-refractivity contribution in [3.8, 4) is 0 Å². The third-order valence-electron chi connectivity index (χ3n) is 1.38. The summed E-state index contributed by atoms with van der Waals surface area (Å²) < 4.78 is 4.53. The average molecular weight is 254 g/mol. The molecule has 1 aliphatic rings. The van der Waals surface area contributed by atoms with Crippen LogP contribution >= 0.6 is 28.7 Å². The molecule has 0 aromatic rings. The smallest absolute Gasteiger partial charge is 0.325 e. The third kappa shape index (κ3) is 3.49. The van der Waals surface area contributed by atoms with E-state index in [9.17, 15) is 4.79 Å². The Hall–Kier alpha value is -0.160. The largest absolute Gasteiger partial charge is 0.468 e. The fourth-order valence-electron chi connectivity index (χ4n) is 0.838. The summed E-state index contributed by atoms with van der Waals surface area (Å²) in [5.74, 6) is 0.678. The van der Waals surface area contributed by atoms with Gasteiger partial charge in [0.2, 0.25) is 0 Å². The van der Waals surface area contributed by atoms with Crippen molar-refractivity contribution in [2.75, 3.05) is 19.5 Å². The van der Waals surface area contributed by atoms with Crippen LogP contribution in [-0.4, -0.2) is 30.4 Å². The Morgan fingerprint density at radius 1 is 1.83 bits per heavy atom. The summed E-state index contributed by atoms with van der Waals surface area (Å²) in [5.41, 5.74) is 0. The molecule has 0 aliphatic carbocycles. The van der Waals surface area contributed by atoms with E-state index < -0.39 is 0 Å². The Morgan fingerprint density at radius 2 is 2.50 bits per heavy atom. The average Bonchev–Trinajstić information content (AvgIpc) is 2.35. The van der Waals surface area contributed by atoms with E-state index >= 15 is 0 Å². The summed E-state index contributed by atoms with van der Waals surface area (Å²) in [7, 11) is 1.40. The van der Waals surface area contributed by atoms with Crippen LogP contribution in [0.3, 0.4) is 0 Å². The highest BCUT2D eigenvalue weighted by molar-refractivity contribution is 8.93. The van der Waals surface area contributed by atoms with Crippen LogP contribution in [0.25, 0.3) is 0 Å². The number of methoxy groups -OCH3 is 1. The SMILES string of the molecule is Br.COC(=O)CN1C=C(C)SC1. The van der Waals surface area contributed by atoms with Crippen molar-refractivity contribution >= 4 is 34.7 Å². The number of allylic oxidation sites excluding steroid dienone is 1. The van der Waals surface area contributed by atoms with Gasteiger partial charge in [0.25, 0.3) is 0 Å². The molecule has 0 atom stereocenters. The second-order valence-electron chi connectivity index (χ2n) is 2.34. The molecule has 1 aliphatic heterocycles. The van der Waals surface area contributed by atoms with Gasteiger partial charge in [0, 0.05) is 6.20 Å². The van der Waals surface area contributed by atoms with Crippen molar-refractivity contribution in [3.05, 3.63) is 11.1 Å². The topological polar surface area (TPSA) is 29.5 Å². The molecule has 0 fully saturated rings. The van der Waals surface area contributed by atoms with Gasteiger partial charge in [-0.3, -0.25) is 4.79 Å². The lowest BCUT2D eigenvalue weighted by molar-refractivity contribution is -0.141. The van der Waals surface area contributed by atoms with Gasteiger partial charge in [-0.05, 0) is 11.8 Å². The maximum absolute atomic E-state index is 10.8. The molecule has 0 saturated carbocycles. The van der Waals surface area contributed by atoms with Crippen LogP contribution in [0.4, 0.5) is 0 Å². The molecule has 12 heavy (non-hydrogen) atoms. The number of nitrogens with zero attached hydrogens (tertiary/aromatic N) is 1. The molecule has 0 spiro atoms. The second kappa shape index (κ2) is 5.48. The van der Waals surface area contributed by atoms with Gasteiger partial charge in [-0.25, -0.2) is 0 Å². The van der Waals surface area contributed by atoms with Crippen molar-refractivity contribution in [1.29, 1.82) is 0 Å². The first-order chi connectivity index (χ1) is 5.22. The normalized spacial score (nSPS) is 15.2. The van der Waals surface area contributed by atoms with E-state index in [0.29, 0.717) is 6.54 Å². The highest BCUT2D eigenvalue weighted by Crippen LogP contribution is 2.23. The van der Waals surface area contributed by atoms with Crippen molar-refractivity contribution < 1.29 is 9.53 Å². The Kier molecular flexibility index (Phi) is 5.41. The summed E-state index contributed by atoms with van der Waals surface area (Å²) in [6.07, 6.45) is 1.97. The number of thioether (sulfide) groups is 1. The zero-order valence-corrected chi connectivity index (χ0v) is 9.60. The maximum Gasteiger partial charge on any atom is 0.325 e. The molecule has 0 aromatic carbocycles. The predicted octanol–water partition coefficient (Wildman–Crippen LogP) is 1.60. The second-order valence-corrected chi connectivity index (χ2v) is 3.53. The van der Waals surface area contributed by atoms with Crippen LogP contribution in [0.5, 0.6) is 0 Å². The van der Waals surface area contributed by atoms with Gasteiger partial charge < -0.3 is 9.64 Å². The van der Waals surface area contributed by atoms with Gasteiger partial charge in [-0.2, -0.15) is 0 Å². The predicted molar refractivity (Wildman–Crippen MR) is 55.3 cm³/mol. The van der Waals surface area contributed by atoms with Gasteiger partial charge in [0.05, 0.1) is 13.0 Å². The minimum Gasteiger partial charge on any atom is -0.468 e. The van der Waals surface area contributed by atoms with Crippen molar-refractivity contribution in [3.63, 3.8) is 0 Å². The molecule has 5 heteroatoms. The van der Waals surface area contributed by atoms with Crippen LogP contribution in [-0.2, 0) is 9.53 Å². The van der Waals surface area contributed by atoms with Gasteiger partial charge >= 0.3 is 5.97 Å². The van der Waals surface area contributed by atoms with Gasteiger partial charge in [-0.15, -0.1) is 28.7 Å². The number of ether oxygens (including phenoxy) is 1.